The van der Waals surface area contributed by atoms with E-state index in [9.17, 15) is 18.0 Å². The fourth-order valence-electron chi connectivity index (χ4n) is 3.55. The third-order valence-corrected chi connectivity index (χ3v) is 4.84. The summed E-state index contributed by atoms with van der Waals surface area (Å²) in [5.74, 6) is -0.764. The molecule has 3 aromatic rings. The van der Waals surface area contributed by atoms with Crippen molar-refractivity contribution < 1.29 is 27.1 Å². The van der Waals surface area contributed by atoms with Gasteiger partial charge in [0.05, 0.1) is 23.8 Å². The Morgan fingerprint density at radius 2 is 2.03 bits per heavy atom. The van der Waals surface area contributed by atoms with Gasteiger partial charge in [0.2, 0.25) is 5.82 Å². The molecule has 1 aliphatic heterocycles. The molecule has 1 unspecified atom stereocenters. The van der Waals surface area contributed by atoms with E-state index in [0.717, 1.165) is 9.95 Å². The van der Waals surface area contributed by atoms with Crippen LogP contribution in [0.4, 0.5) is 13.2 Å². The smallest absolute Gasteiger partial charge is 0.451 e. The summed E-state index contributed by atoms with van der Waals surface area (Å²) in [6, 6.07) is 4.33. The number of hydrogen-bond acceptors (Lipinski definition) is 5. The van der Waals surface area contributed by atoms with Crippen LogP contribution >= 0.6 is 0 Å². The van der Waals surface area contributed by atoms with Crippen LogP contribution in [0, 0.1) is 0 Å². The van der Waals surface area contributed by atoms with Gasteiger partial charge in [0, 0.05) is 18.7 Å². The number of carbonyl (C=O) groups is 1. The predicted octanol–water partition coefficient (Wildman–Crippen LogP) is 4.05. The van der Waals surface area contributed by atoms with Crippen molar-refractivity contribution in [1.29, 1.82) is 0 Å². The number of aromatic nitrogens is 3. The number of benzene rings is 1. The topological polar surface area (TPSA) is 73.4 Å². The standard InChI is InChI=1S/C19H19F3N4O3/c1-10(2)29-15-9-12(8-14-13(15)4-7-28-14)17(27)25-5-6-26-16(11(25)3)23-24-18(26)19(20,21)22/h4,7-11H,5-6H2,1-3H3. The van der Waals surface area contributed by atoms with Crippen molar-refractivity contribution >= 4 is 16.9 Å². The summed E-state index contributed by atoms with van der Waals surface area (Å²) < 4.78 is 51.6. The second kappa shape index (κ2) is 6.78. The van der Waals surface area contributed by atoms with Crippen molar-refractivity contribution in [3.63, 3.8) is 0 Å². The van der Waals surface area contributed by atoms with Crippen LogP contribution in [0.15, 0.2) is 28.9 Å². The first-order valence-electron chi connectivity index (χ1n) is 9.16. The van der Waals surface area contributed by atoms with Crippen LogP contribution in [0.5, 0.6) is 5.75 Å². The van der Waals surface area contributed by atoms with Crippen molar-refractivity contribution in [1.82, 2.24) is 19.7 Å². The van der Waals surface area contributed by atoms with E-state index >= 15 is 0 Å². The van der Waals surface area contributed by atoms with Gasteiger partial charge in [-0.05, 0) is 39.0 Å². The maximum absolute atomic E-state index is 13.2. The van der Waals surface area contributed by atoms with Crippen molar-refractivity contribution in [2.75, 3.05) is 6.54 Å². The van der Waals surface area contributed by atoms with Gasteiger partial charge in [-0.2, -0.15) is 13.2 Å². The molecule has 7 nitrogen and oxygen atoms in total. The fourth-order valence-corrected chi connectivity index (χ4v) is 3.55. The second-order valence-electron chi connectivity index (χ2n) is 7.18. The molecule has 0 bridgehead atoms. The van der Waals surface area contributed by atoms with E-state index in [4.69, 9.17) is 9.15 Å². The average molecular weight is 408 g/mol. The molecular formula is C19H19F3N4O3. The molecule has 1 amide bonds. The summed E-state index contributed by atoms with van der Waals surface area (Å²) in [4.78, 5) is 14.7. The lowest BCUT2D eigenvalue weighted by molar-refractivity contribution is -0.148. The minimum absolute atomic E-state index is 0.0361. The van der Waals surface area contributed by atoms with Crippen LogP contribution in [-0.4, -0.2) is 38.2 Å². The molecule has 154 valence electrons. The highest BCUT2D eigenvalue weighted by Gasteiger charge is 2.41. The molecule has 3 heterocycles. The Kier molecular flexibility index (Phi) is 4.51. The summed E-state index contributed by atoms with van der Waals surface area (Å²) in [6.45, 7) is 5.45. The lowest BCUT2D eigenvalue weighted by atomic mass is 10.1. The van der Waals surface area contributed by atoms with Gasteiger partial charge >= 0.3 is 6.18 Å². The van der Waals surface area contributed by atoms with Crippen LogP contribution in [0.3, 0.4) is 0 Å². The molecular weight excluding hydrogens is 389 g/mol. The van der Waals surface area contributed by atoms with Crippen LogP contribution in [0.1, 0.15) is 48.8 Å². The lowest BCUT2D eigenvalue weighted by Gasteiger charge is -2.34. The Bertz CT molecular complexity index is 1070. The van der Waals surface area contributed by atoms with Gasteiger partial charge in [0.1, 0.15) is 11.3 Å². The number of rotatable bonds is 3. The Hall–Kier alpha value is -3.04. The molecule has 2 aromatic heterocycles. The van der Waals surface area contributed by atoms with E-state index < -0.39 is 18.0 Å². The van der Waals surface area contributed by atoms with E-state index in [1.54, 1.807) is 25.1 Å². The Morgan fingerprint density at radius 1 is 1.28 bits per heavy atom. The van der Waals surface area contributed by atoms with Crippen LogP contribution in [0.25, 0.3) is 11.0 Å². The predicted molar refractivity (Wildman–Crippen MR) is 96.5 cm³/mol. The van der Waals surface area contributed by atoms with Gasteiger partial charge in [-0.3, -0.25) is 4.79 Å². The first-order chi connectivity index (χ1) is 13.7. The molecule has 1 aliphatic rings. The minimum Gasteiger partial charge on any atom is -0.490 e. The summed E-state index contributed by atoms with van der Waals surface area (Å²) in [5, 5.41) is 7.71. The molecule has 0 N–H and O–H groups in total. The largest absolute Gasteiger partial charge is 0.490 e. The zero-order valence-electron chi connectivity index (χ0n) is 16.0. The lowest BCUT2D eigenvalue weighted by Crippen LogP contribution is -2.42. The normalized spacial score (nSPS) is 17.1. The number of halogens is 3. The highest BCUT2D eigenvalue weighted by atomic mass is 19.4. The fraction of sp³-hybridized carbons (Fsp3) is 0.421. The molecule has 1 atom stereocenters. The summed E-state index contributed by atoms with van der Waals surface area (Å²) in [7, 11) is 0. The molecule has 10 heteroatoms. The molecule has 29 heavy (non-hydrogen) atoms. The van der Waals surface area contributed by atoms with E-state index in [-0.39, 0.29) is 30.9 Å². The number of amides is 1. The zero-order valence-corrected chi connectivity index (χ0v) is 16.0. The van der Waals surface area contributed by atoms with Crippen molar-refractivity contribution in [2.24, 2.45) is 0 Å². The maximum Gasteiger partial charge on any atom is 0.451 e. The quantitative estimate of drug-likeness (QED) is 0.654. The number of nitrogens with zero attached hydrogens (tertiary/aromatic N) is 4. The van der Waals surface area contributed by atoms with Crippen molar-refractivity contribution in [3.05, 3.63) is 41.7 Å². The second-order valence-corrected chi connectivity index (χ2v) is 7.18. The number of fused-ring (bicyclic) bond motifs is 2. The SMILES string of the molecule is CC(C)Oc1cc(C(=O)N2CCn3c(nnc3C(F)(F)F)C2C)cc2occc12. The first kappa shape index (κ1) is 19.3. The summed E-state index contributed by atoms with van der Waals surface area (Å²) >= 11 is 0. The van der Waals surface area contributed by atoms with Crippen LogP contribution in [0.2, 0.25) is 0 Å². The summed E-state index contributed by atoms with van der Waals surface area (Å²) in [5.41, 5.74) is 0.831. The number of alkyl halides is 3. The van der Waals surface area contributed by atoms with Gasteiger partial charge in [0.15, 0.2) is 5.82 Å². The van der Waals surface area contributed by atoms with Gasteiger partial charge in [-0.25, -0.2) is 0 Å². The highest BCUT2D eigenvalue weighted by molar-refractivity contribution is 5.99. The maximum atomic E-state index is 13.2. The van der Waals surface area contributed by atoms with E-state index in [1.165, 1.54) is 11.2 Å². The molecule has 1 aromatic carbocycles. The molecule has 0 spiro atoms. The first-order valence-corrected chi connectivity index (χ1v) is 9.16. The number of carbonyl (C=O) groups excluding carboxylic acids is 1. The molecule has 0 saturated carbocycles. The molecule has 0 saturated heterocycles. The van der Waals surface area contributed by atoms with Crippen molar-refractivity contribution in [2.45, 2.75) is 45.6 Å². The van der Waals surface area contributed by atoms with E-state index in [1.807, 2.05) is 13.8 Å². The summed E-state index contributed by atoms with van der Waals surface area (Å²) in [6.07, 6.45) is -3.19. The van der Waals surface area contributed by atoms with Gasteiger partial charge in [-0.15, -0.1) is 10.2 Å². The molecule has 0 radical (unpaired) electrons. The number of ether oxygens (including phenoxy) is 1. The average Bonchev–Trinajstić information content (AvgIpc) is 3.27. The third-order valence-electron chi connectivity index (χ3n) is 4.84. The van der Waals surface area contributed by atoms with Crippen molar-refractivity contribution in [3.8, 4) is 5.75 Å². The Labute approximate surface area is 164 Å². The van der Waals surface area contributed by atoms with E-state index in [0.29, 0.717) is 16.9 Å². The van der Waals surface area contributed by atoms with Gasteiger partial charge in [0.25, 0.3) is 5.91 Å². The molecule has 0 aliphatic carbocycles. The minimum atomic E-state index is -4.59. The Balaban J connectivity index is 1.68. The number of furan rings is 1. The third kappa shape index (κ3) is 3.32. The highest BCUT2D eigenvalue weighted by Crippen LogP contribution is 2.35. The van der Waals surface area contributed by atoms with Crippen LogP contribution in [-0.2, 0) is 12.7 Å². The molecule has 0 fully saturated rings. The van der Waals surface area contributed by atoms with Gasteiger partial charge in [-0.1, -0.05) is 0 Å². The van der Waals surface area contributed by atoms with Crippen LogP contribution < -0.4 is 4.74 Å². The zero-order chi connectivity index (χ0) is 20.9. The monoisotopic (exact) mass is 408 g/mol. The van der Waals surface area contributed by atoms with E-state index in [2.05, 4.69) is 10.2 Å². The number of hydrogen-bond donors (Lipinski definition) is 0. The van der Waals surface area contributed by atoms with Gasteiger partial charge < -0.3 is 18.6 Å². The Morgan fingerprint density at radius 3 is 2.72 bits per heavy atom. The molecule has 4 rings (SSSR count).